The van der Waals surface area contributed by atoms with E-state index < -0.39 is 0 Å². The Kier molecular flexibility index (Phi) is 7.55. The van der Waals surface area contributed by atoms with Crippen LogP contribution in [-0.4, -0.2) is 45.8 Å². The second-order valence-electron chi connectivity index (χ2n) is 6.25. The molecule has 134 valence electrons. The van der Waals surface area contributed by atoms with Crippen LogP contribution in [0.3, 0.4) is 0 Å². The highest BCUT2D eigenvalue weighted by Gasteiger charge is 2.29. The van der Waals surface area contributed by atoms with Gasteiger partial charge in [0.25, 0.3) is 0 Å². The number of aryl methyl sites for hydroxylation is 1. The monoisotopic (exact) mass is 369 g/mol. The summed E-state index contributed by atoms with van der Waals surface area (Å²) in [5, 5.41) is 5.50. The van der Waals surface area contributed by atoms with E-state index >= 15 is 0 Å². The molecule has 1 atom stereocenters. The van der Waals surface area contributed by atoms with E-state index in [1.807, 2.05) is 24.1 Å². The lowest BCUT2D eigenvalue weighted by Gasteiger charge is -2.32. The SMILES string of the molecule is CCCCS[C@@H](C)C(=O)N1CCC(C(=O)Nc2nc(C)cs2)CC1. The second kappa shape index (κ2) is 9.42. The van der Waals surface area contributed by atoms with Gasteiger partial charge in [-0.15, -0.1) is 23.1 Å². The largest absolute Gasteiger partial charge is 0.342 e. The van der Waals surface area contributed by atoms with Crippen molar-refractivity contribution in [1.82, 2.24) is 9.88 Å². The molecule has 0 unspecified atom stereocenters. The summed E-state index contributed by atoms with van der Waals surface area (Å²) in [7, 11) is 0. The van der Waals surface area contributed by atoms with Crippen molar-refractivity contribution in [3.63, 3.8) is 0 Å². The first-order valence-corrected chi connectivity index (χ1v) is 10.6. The molecule has 0 spiro atoms. The van der Waals surface area contributed by atoms with Gasteiger partial charge in [0.05, 0.1) is 10.9 Å². The van der Waals surface area contributed by atoms with Crippen LogP contribution in [0.2, 0.25) is 0 Å². The Morgan fingerprint density at radius 1 is 1.46 bits per heavy atom. The number of amides is 2. The van der Waals surface area contributed by atoms with Crippen LogP contribution in [0.15, 0.2) is 5.38 Å². The Hall–Kier alpha value is -1.08. The molecule has 0 aromatic carbocycles. The van der Waals surface area contributed by atoms with Gasteiger partial charge in [0.2, 0.25) is 11.8 Å². The molecule has 7 heteroatoms. The average molecular weight is 370 g/mol. The van der Waals surface area contributed by atoms with Gasteiger partial charge in [0.1, 0.15) is 0 Å². The first-order valence-electron chi connectivity index (χ1n) is 8.64. The fourth-order valence-electron chi connectivity index (χ4n) is 2.71. The van der Waals surface area contributed by atoms with Crippen LogP contribution in [0.4, 0.5) is 5.13 Å². The number of nitrogens with zero attached hydrogens (tertiary/aromatic N) is 2. The van der Waals surface area contributed by atoms with Crippen molar-refractivity contribution in [2.45, 2.75) is 51.7 Å². The lowest BCUT2D eigenvalue weighted by Crippen LogP contribution is -2.44. The summed E-state index contributed by atoms with van der Waals surface area (Å²) in [5.41, 5.74) is 0.922. The fourth-order valence-corrected chi connectivity index (χ4v) is 4.51. The summed E-state index contributed by atoms with van der Waals surface area (Å²) in [6, 6.07) is 0. The van der Waals surface area contributed by atoms with E-state index in [1.54, 1.807) is 11.8 Å². The maximum atomic E-state index is 12.5. The van der Waals surface area contributed by atoms with Crippen molar-refractivity contribution in [1.29, 1.82) is 0 Å². The van der Waals surface area contributed by atoms with Gasteiger partial charge in [-0.05, 0) is 38.9 Å². The Morgan fingerprint density at radius 2 is 2.17 bits per heavy atom. The van der Waals surface area contributed by atoms with Crippen molar-refractivity contribution in [3.8, 4) is 0 Å². The van der Waals surface area contributed by atoms with E-state index in [4.69, 9.17) is 0 Å². The predicted molar refractivity (Wildman–Crippen MR) is 102 cm³/mol. The van der Waals surface area contributed by atoms with Crippen LogP contribution in [0.25, 0.3) is 0 Å². The summed E-state index contributed by atoms with van der Waals surface area (Å²) in [4.78, 5) is 31.0. The molecule has 0 radical (unpaired) electrons. The van der Waals surface area contributed by atoms with Crippen molar-refractivity contribution in [2.75, 3.05) is 24.2 Å². The molecule has 1 aliphatic rings. The Labute approximate surface area is 152 Å². The van der Waals surface area contributed by atoms with Crippen LogP contribution in [0.1, 0.15) is 45.2 Å². The lowest BCUT2D eigenvalue weighted by molar-refractivity contribution is -0.133. The van der Waals surface area contributed by atoms with Gasteiger partial charge in [-0.25, -0.2) is 4.98 Å². The van der Waals surface area contributed by atoms with E-state index in [1.165, 1.54) is 11.3 Å². The molecule has 0 saturated carbocycles. The molecular weight excluding hydrogens is 342 g/mol. The predicted octanol–water partition coefficient (Wildman–Crippen LogP) is 3.55. The third-order valence-corrected chi connectivity index (χ3v) is 6.34. The van der Waals surface area contributed by atoms with E-state index in [0.29, 0.717) is 18.2 Å². The molecule has 1 N–H and O–H groups in total. The zero-order valence-corrected chi connectivity index (χ0v) is 16.3. The number of unbranched alkanes of at least 4 members (excludes halogenated alkanes) is 1. The quantitative estimate of drug-likeness (QED) is 0.747. The van der Waals surface area contributed by atoms with Gasteiger partial charge in [-0.3, -0.25) is 9.59 Å². The number of anilines is 1. The van der Waals surface area contributed by atoms with Crippen molar-refractivity contribution in [3.05, 3.63) is 11.1 Å². The van der Waals surface area contributed by atoms with E-state index in [9.17, 15) is 9.59 Å². The van der Waals surface area contributed by atoms with Gasteiger partial charge in [0, 0.05) is 24.4 Å². The number of aromatic nitrogens is 1. The maximum Gasteiger partial charge on any atom is 0.235 e. The average Bonchev–Trinajstić information content (AvgIpc) is 2.99. The number of hydrogen-bond acceptors (Lipinski definition) is 5. The first-order chi connectivity index (χ1) is 11.5. The summed E-state index contributed by atoms with van der Waals surface area (Å²) in [6.45, 7) is 7.41. The van der Waals surface area contributed by atoms with Crippen molar-refractivity contribution < 1.29 is 9.59 Å². The number of thioether (sulfide) groups is 1. The highest BCUT2D eigenvalue weighted by molar-refractivity contribution is 8.00. The zero-order valence-electron chi connectivity index (χ0n) is 14.7. The molecule has 2 amide bonds. The summed E-state index contributed by atoms with van der Waals surface area (Å²) in [6.07, 6.45) is 3.77. The van der Waals surface area contributed by atoms with Crippen LogP contribution in [0.5, 0.6) is 0 Å². The number of thiazole rings is 1. The number of carbonyl (C=O) groups is 2. The van der Waals surface area contributed by atoms with Crippen LogP contribution in [-0.2, 0) is 9.59 Å². The van der Waals surface area contributed by atoms with E-state index in [2.05, 4.69) is 17.2 Å². The molecule has 1 fully saturated rings. The highest BCUT2D eigenvalue weighted by atomic mass is 32.2. The Bertz CT molecular complexity index is 554. The van der Waals surface area contributed by atoms with Crippen molar-refractivity contribution in [2.24, 2.45) is 5.92 Å². The molecule has 0 aliphatic carbocycles. The van der Waals surface area contributed by atoms with Crippen LogP contribution >= 0.6 is 23.1 Å². The smallest absolute Gasteiger partial charge is 0.235 e. The third kappa shape index (κ3) is 5.48. The zero-order chi connectivity index (χ0) is 17.5. The van der Waals surface area contributed by atoms with Crippen molar-refractivity contribution >= 4 is 40.0 Å². The number of likely N-dealkylation sites (tertiary alicyclic amines) is 1. The molecule has 1 aromatic rings. The molecule has 2 rings (SSSR count). The van der Waals surface area contributed by atoms with Gasteiger partial charge in [0.15, 0.2) is 5.13 Å². The molecule has 1 aromatic heterocycles. The summed E-state index contributed by atoms with van der Waals surface area (Å²) in [5.74, 6) is 1.25. The van der Waals surface area contributed by atoms with E-state index in [0.717, 1.165) is 37.1 Å². The number of nitrogens with one attached hydrogen (secondary N) is 1. The number of rotatable bonds is 7. The van der Waals surface area contributed by atoms with Crippen LogP contribution < -0.4 is 5.32 Å². The van der Waals surface area contributed by atoms with Gasteiger partial charge < -0.3 is 10.2 Å². The standard InChI is InChI=1S/C17H27N3O2S2/c1-4-5-10-23-13(3)16(22)20-8-6-14(7-9-20)15(21)19-17-18-12(2)11-24-17/h11,13-14H,4-10H2,1-3H3,(H,18,19,21)/t13-/m0/s1. The topological polar surface area (TPSA) is 62.3 Å². The number of hydrogen-bond donors (Lipinski definition) is 1. The third-order valence-electron chi connectivity index (χ3n) is 4.24. The minimum atomic E-state index is -0.0266. The summed E-state index contributed by atoms with van der Waals surface area (Å²) < 4.78 is 0. The Balaban J connectivity index is 1.76. The maximum absolute atomic E-state index is 12.5. The van der Waals surface area contributed by atoms with E-state index in [-0.39, 0.29) is 23.0 Å². The number of carbonyl (C=O) groups excluding carboxylic acids is 2. The number of piperidine rings is 1. The highest BCUT2D eigenvalue weighted by Crippen LogP contribution is 2.23. The second-order valence-corrected chi connectivity index (χ2v) is 8.56. The minimum Gasteiger partial charge on any atom is -0.342 e. The van der Waals surface area contributed by atoms with Crippen LogP contribution in [0, 0.1) is 12.8 Å². The molecule has 2 heterocycles. The molecule has 0 bridgehead atoms. The minimum absolute atomic E-state index is 0.0141. The Morgan fingerprint density at radius 3 is 2.75 bits per heavy atom. The van der Waals surface area contributed by atoms with Gasteiger partial charge in [-0.2, -0.15) is 0 Å². The van der Waals surface area contributed by atoms with Gasteiger partial charge in [-0.1, -0.05) is 13.3 Å². The normalized spacial score (nSPS) is 16.9. The molecule has 1 aliphatic heterocycles. The molecular formula is C17H27N3O2S2. The first kappa shape index (κ1) is 19.2. The fraction of sp³-hybridized carbons (Fsp3) is 0.706. The molecule has 1 saturated heterocycles. The molecule has 24 heavy (non-hydrogen) atoms. The van der Waals surface area contributed by atoms with Gasteiger partial charge >= 0.3 is 0 Å². The lowest BCUT2D eigenvalue weighted by atomic mass is 9.96. The summed E-state index contributed by atoms with van der Waals surface area (Å²) >= 11 is 3.19. The molecule has 5 nitrogen and oxygen atoms in total.